The standard InChI is InChI=1S/C26H29NO4S/c1-3-17-4-6-18(7-5-17)14-22-24(25(27)28)21-12-13-31-15-23(21)32(22)16(2)19-8-10-20(11-9-19)26(29)30/h4-11,16,32H,3,12-15H2,1-2H3,(H2,27,28)(H,29,30)/t16-/m0/s1. The molecule has 0 spiro atoms. The van der Waals surface area contributed by atoms with Crippen LogP contribution < -0.4 is 5.73 Å². The molecule has 0 bridgehead atoms. The highest BCUT2D eigenvalue weighted by Gasteiger charge is 2.38. The van der Waals surface area contributed by atoms with Gasteiger partial charge in [-0.05, 0) is 57.0 Å². The van der Waals surface area contributed by atoms with Gasteiger partial charge in [-0.2, -0.15) is 10.9 Å². The minimum Gasteiger partial charge on any atom is -0.478 e. The first-order chi connectivity index (χ1) is 15.4. The number of carboxylic acids is 1. The lowest BCUT2D eigenvalue weighted by molar-refractivity contribution is -0.114. The quantitative estimate of drug-likeness (QED) is 0.533. The summed E-state index contributed by atoms with van der Waals surface area (Å²) in [7, 11) is -0.849. The average Bonchev–Trinajstić information content (AvgIpc) is 3.13. The van der Waals surface area contributed by atoms with Crippen LogP contribution in [0.2, 0.25) is 0 Å². The number of amides is 1. The Morgan fingerprint density at radius 3 is 2.34 bits per heavy atom. The van der Waals surface area contributed by atoms with Crippen LogP contribution in [0, 0.1) is 0 Å². The predicted molar refractivity (Wildman–Crippen MR) is 129 cm³/mol. The summed E-state index contributed by atoms with van der Waals surface area (Å²) in [6.07, 6.45) is 2.37. The molecule has 2 aliphatic rings. The number of hydrogen-bond donors (Lipinski definition) is 3. The van der Waals surface area contributed by atoms with Crippen molar-refractivity contribution in [2.45, 2.75) is 38.4 Å². The Morgan fingerprint density at radius 2 is 1.75 bits per heavy atom. The number of aryl methyl sites for hydroxylation is 1. The molecule has 0 saturated carbocycles. The summed E-state index contributed by atoms with van der Waals surface area (Å²) in [6.45, 7) is 5.41. The van der Waals surface area contributed by atoms with Crippen LogP contribution in [0.15, 0.2) is 69.5 Å². The van der Waals surface area contributed by atoms with Crippen LogP contribution in [0.1, 0.15) is 52.6 Å². The van der Waals surface area contributed by atoms with Crippen molar-refractivity contribution in [2.75, 3.05) is 13.2 Å². The summed E-state index contributed by atoms with van der Waals surface area (Å²) in [5.74, 6) is -1.30. The molecule has 4 rings (SSSR count). The number of nitrogens with two attached hydrogens (primary N) is 1. The Kier molecular flexibility index (Phi) is 6.53. The second-order valence-electron chi connectivity index (χ2n) is 8.23. The Labute approximate surface area is 191 Å². The lowest BCUT2D eigenvalue weighted by Gasteiger charge is -2.32. The molecule has 6 heteroatoms. The van der Waals surface area contributed by atoms with E-state index >= 15 is 0 Å². The topological polar surface area (TPSA) is 89.6 Å². The van der Waals surface area contributed by atoms with Crippen LogP contribution in [0.3, 0.4) is 0 Å². The highest BCUT2D eigenvalue weighted by molar-refractivity contribution is 8.24. The zero-order valence-corrected chi connectivity index (χ0v) is 19.3. The number of thiol groups is 1. The minimum absolute atomic E-state index is 0.112. The van der Waals surface area contributed by atoms with E-state index in [2.05, 4.69) is 38.1 Å². The molecule has 3 N–H and O–H groups in total. The van der Waals surface area contributed by atoms with Crippen LogP contribution in [0.4, 0.5) is 0 Å². The maximum absolute atomic E-state index is 12.6. The number of carbonyl (C=O) groups is 2. The Hall–Kier alpha value is -2.83. The first kappa shape index (κ1) is 22.4. The number of ether oxygens (including phenoxy) is 1. The normalized spacial score (nSPS) is 20.2. The molecule has 2 aliphatic heterocycles. The Morgan fingerprint density at radius 1 is 1.09 bits per heavy atom. The lowest BCUT2D eigenvalue weighted by atomic mass is 9.98. The van der Waals surface area contributed by atoms with Gasteiger partial charge in [0.1, 0.15) is 0 Å². The first-order valence-corrected chi connectivity index (χ1v) is 12.3. The van der Waals surface area contributed by atoms with Gasteiger partial charge < -0.3 is 15.6 Å². The Balaban J connectivity index is 1.76. The number of aromatic carboxylic acids is 1. The van der Waals surface area contributed by atoms with Gasteiger partial charge in [0.2, 0.25) is 5.91 Å². The molecule has 0 saturated heterocycles. The van der Waals surface area contributed by atoms with Gasteiger partial charge in [0.05, 0.1) is 24.4 Å². The summed E-state index contributed by atoms with van der Waals surface area (Å²) in [4.78, 5) is 26.2. The van der Waals surface area contributed by atoms with E-state index in [-0.39, 0.29) is 16.7 Å². The number of benzene rings is 2. The summed E-state index contributed by atoms with van der Waals surface area (Å²) in [6, 6.07) is 15.6. The summed E-state index contributed by atoms with van der Waals surface area (Å²) in [5.41, 5.74) is 11.5. The lowest BCUT2D eigenvalue weighted by Crippen LogP contribution is -2.18. The number of carbonyl (C=O) groups excluding carboxylic acids is 1. The van der Waals surface area contributed by atoms with Crippen LogP contribution in [0.25, 0.3) is 0 Å². The Bertz CT molecular complexity index is 1100. The van der Waals surface area contributed by atoms with Crippen molar-refractivity contribution in [2.24, 2.45) is 5.73 Å². The summed E-state index contributed by atoms with van der Waals surface area (Å²) < 4.78 is 5.81. The van der Waals surface area contributed by atoms with Gasteiger partial charge in [0.25, 0.3) is 0 Å². The van der Waals surface area contributed by atoms with Crippen molar-refractivity contribution >= 4 is 22.8 Å². The molecule has 0 aromatic heterocycles. The van der Waals surface area contributed by atoms with Gasteiger partial charge in [-0.25, -0.2) is 4.79 Å². The largest absolute Gasteiger partial charge is 0.478 e. The minimum atomic E-state index is -0.936. The molecule has 1 amide bonds. The van der Waals surface area contributed by atoms with E-state index in [1.54, 1.807) is 12.1 Å². The molecule has 5 nitrogen and oxygen atoms in total. The third kappa shape index (κ3) is 4.25. The van der Waals surface area contributed by atoms with Crippen LogP contribution in [-0.4, -0.2) is 30.2 Å². The molecular weight excluding hydrogens is 422 g/mol. The molecule has 168 valence electrons. The van der Waals surface area contributed by atoms with Crippen LogP contribution in [0.5, 0.6) is 0 Å². The first-order valence-electron chi connectivity index (χ1n) is 10.9. The molecule has 0 fully saturated rings. The fourth-order valence-electron chi connectivity index (χ4n) is 4.59. The molecular formula is C26H29NO4S. The second-order valence-corrected chi connectivity index (χ2v) is 10.8. The predicted octanol–water partition coefficient (Wildman–Crippen LogP) is 4.68. The highest BCUT2D eigenvalue weighted by atomic mass is 32.2. The van der Waals surface area contributed by atoms with Crippen molar-refractivity contribution in [1.82, 2.24) is 0 Å². The van der Waals surface area contributed by atoms with Crippen LogP contribution in [-0.2, 0) is 22.4 Å². The monoisotopic (exact) mass is 451 g/mol. The summed E-state index contributed by atoms with van der Waals surface area (Å²) >= 11 is 0. The van der Waals surface area contributed by atoms with Gasteiger partial charge >= 0.3 is 5.97 Å². The van der Waals surface area contributed by atoms with E-state index in [1.807, 2.05) is 12.1 Å². The molecule has 32 heavy (non-hydrogen) atoms. The van der Waals surface area contributed by atoms with Crippen molar-refractivity contribution in [3.63, 3.8) is 0 Å². The van der Waals surface area contributed by atoms with Gasteiger partial charge in [0.15, 0.2) is 0 Å². The molecule has 2 aromatic rings. The van der Waals surface area contributed by atoms with E-state index in [9.17, 15) is 14.7 Å². The molecule has 1 unspecified atom stereocenters. The van der Waals surface area contributed by atoms with Crippen molar-refractivity contribution < 1.29 is 19.4 Å². The fraction of sp³-hybridized carbons (Fsp3) is 0.308. The van der Waals surface area contributed by atoms with Gasteiger partial charge in [0, 0.05) is 11.7 Å². The average molecular weight is 452 g/mol. The molecule has 2 atom stereocenters. The third-order valence-electron chi connectivity index (χ3n) is 6.33. The number of rotatable bonds is 7. The third-order valence-corrected chi connectivity index (χ3v) is 9.35. The van der Waals surface area contributed by atoms with Gasteiger partial charge in [-0.1, -0.05) is 50.2 Å². The van der Waals surface area contributed by atoms with Crippen molar-refractivity contribution in [3.05, 3.63) is 91.7 Å². The summed E-state index contributed by atoms with van der Waals surface area (Å²) in [5, 5.41) is 9.35. The maximum atomic E-state index is 12.6. The number of primary amides is 1. The second kappa shape index (κ2) is 9.35. The molecule has 0 radical (unpaired) electrons. The van der Waals surface area contributed by atoms with E-state index in [0.29, 0.717) is 31.6 Å². The molecule has 0 aliphatic carbocycles. The zero-order valence-electron chi connectivity index (χ0n) is 18.4. The van der Waals surface area contributed by atoms with Crippen molar-refractivity contribution in [1.29, 1.82) is 0 Å². The van der Waals surface area contributed by atoms with Gasteiger partial charge in [-0.15, -0.1) is 0 Å². The maximum Gasteiger partial charge on any atom is 0.335 e. The number of carboxylic acid groups (broad SMARTS) is 1. The zero-order chi connectivity index (χ0) is 22.8. The smallest absolute Gasteiger partial charge is 0.335 e. The molecule has 2 heterocycles. The molecule has 2 aromatic carbocycles. The fourth-order valence-corrected chi connectivity index (χ4v) is 7.90. The van der Waals surface area contributed by atoms with Crippen LogP contribution >= 0.6 is 10.9 Å². The van der Waals surface area contributed by atoms with E-state index in [1.165, 1.54) is 10.5 Å². The van der Waals surface area contributed by atoms with E-state index < -0.39 is 16.9 Å². The SMILES string of the molecule is CCc1ccc(CC2=C(C(N)=O)C3=C(COCC3)[SH]2[C@@H](C)c2ccc(C(=O)O)cc2)cc1. The number of hydrogen-bond acceptors (Lipinski definition) is 3. The van der Waals surface area contributed by atoms with E-state index in [0.717, 1.165) is 28.0 Å². The highest BCUT2D eigenvalue weighted by Crippen LogP contribution is 2.63. The van der Waals surface area contributed by atoms with Crippen molar-refractivity contribution in [3.8, 4) is 0 Å². The van der Waals surface area contributed by atoms with E-state index in [4.69, 9.17) is 10.5 Å². The van der Waals surface area contributed by atoms with Gasteiger partial charge in [-0.3, -0.25) is 4.79 Å². The number of allylic oxidation sites excluding steroid dienone is 1.